The maximum atomic E-state index is 12.8. The van der Waals surface area contributed by atoms with Crippen molar-refractivity contribution >= 4 is 23.5 Å². The lowest BCUT2D eigenvalue weighted by molar-refractivity contribution is -0.148. The van der Waals surface area contributed by atoms with Crippen LogP contribution in [0.1, 0.15) is 37.7 Å². The topological polar surface area (TPSA) is 46.6 Å². The summed E-state index contributed by atoms with van der Waals surface area (Å²) in [6.45, 7) is 1.70. The number of likely N-dealkylation sites (tertiary alicyclic amines) is 1. The Morgan fingerprint density at radius 1 is 1.20 bits per heavy atom. The first kappa shape index (κ1) is 18.2. The van der Waals surface area contributed by atoms with Gasteiger partial charge in [0.1, 0.15) is 0 Å². The van der Waals surface area contributed by atoms with Crippen LogP contribution in [0, 0.1) is 17.8 Å². The van der Waals surface area contributed by atoms with Crippen LogP contribution < -0.4 is 0 Å². The number of halogens is 1. The van der Waals surface area contributed by atoms with Gasteiger partial charge in [0.25, 0.3) is 0 Å². The molecule has 0 aromatic heterocycles. The third kappa shape index (κ3) is 4.35. The van der Waals surface area contributed by atoms with Gasteiger partial charge in [-0.3, -0.25) is 9.59 Å². The van der Waals surface area contributed by atoms with Crippen LogP contribution in [-0.2, 0) is 20.7 Å². The third-order valence-corrected chi connectivity index (χ3v) is 6.08. The van der Waals surface area contributed by atoms with Crippen LogP contribution in [-0.4, -0.2) is 37.0 Å². The van der Waals surface area contributed by atoms with Crippen molar-refractivity contribution in [2.75, 3.05) is 20.2 Å². The molecule has 0 spiro atoms. The quantitative estimate of drug-likeness (QED) is 0.749. The fraction of sp³-hybridized carbons (Fsp3) is 0.600. The molecule has 1 amide bonds. The Hall–Kier alpha value is -1.55. The van der Waals surface area contributed by atoms with E-state index in [1.807, 2.05) is 23.1 Å². The number of hydrogen-bond acceptors (Lipinski definition) is 3. The summed E-state index contributed by atoms with van der Waals surface area (Å²) in [4.78, 5) is 26.9. The van der Waals surface area contributed by atoms with Gasteiger partial charge in [0, 0.05) is 24.5 Å². The zero-order valence-corrected chi connectivity index (χ0v) is 15.5. The Morgan fingerprint density at radius 3 is 2.44 bits per heavy atom. The number of nitrogens with zero attached hydrogens (tertiary/aromatic N) is 1. The molecule has 2 aliphatic rings. The van der Waals surface area contributed by atoms with Crippen molar-refractivity contribution in [1.82, 2.24) is 4.90 Å². The van der Waals surface area contributed by atoms with Gasteiger partial charge in [0.2, 0.25) is 5.91 Å². The van der Waals surface area contributed by atoms with Crippen molar-refractivity contribution < 1.29 is 14.3 Å². The number of carbonyl (C=O) groups excluding carboxylic acids is 2. The van der Waals surface area contributed by atoms with E-state index < -0.39 is 5.92 Å². The van der Waals surface area contributed by atoms with Crippen LogP contribution in [0.3, 0.4) is 0 Å². The maximum absolute atomic E-state index is 12.8. The van der Waals surface area contributed by atoms with Crippen molar-refractivity contribution in [2.24, 2.45) is 17.8 Å². The molecule has 1 unspecified atom stereocenters. The zero-order valence-electron chi connectivity index (χ0n) is 14.7. The Kier molecular flexibility index (Phi) is 6.00. The highest BCUT2D eigenvalue weighted by Crippen LogP contribution is 2.36. The fourth-order valence-electron chi connectivity index (χ4n) is 4.28. The maximum Gasteiger partial charge on any atom is 0.309 e. The van der Waals surface area contributed by atoms with Crippen LogP contribution >= 0.6 is 11.6 Å². The molecule has 0 bridgehead atoms. The number of benzene rings is 1. The van der Waals surface area contributed by atoms with E-state index in [9.17, 15) is 9.59 Å². The average Bonchev–Trinajstić information content (AvgIpc) is 3.06. The first-order chi connectivity index (χ1) is 12.1. The van der Waals surface area contributed by atoms with Crippen molar-refractivity contribution in [3.63, 3.8) is 0 Å². The number of esters is 1. The van der Waals surface area contributed by atoms with Gasteiger partial charge in [-0.1, -0.05) is 42.6 Å². The van der Waals surface area contributed by atoms with E-state index >= 15 is 0 Å². The van der Waals surface area contributed by atoms with E-state index in [-0.39, 0.29) is 18.3 Å². The van der Waals surface area contributed by atoms with E-state index in [0.717, 1.165) is 18.7 Å². The number of amides is 1. The summed E-state index contributed by atoms with van der Waals surface area (Å²) in [5.74, 6) is 0.539. The zero-order chi connectivity index (χ0) is 17.8. The van der Waals surface area contributed by atoms with Gasteiger partial charge in [0.15, 0.2) is 0 Å². The second-order valence-electron chi connectivity index (χ2n) is 7.32. The number of methoxy groups -OCH3 is 1. The molecule has 1 aliphatic carbocycles. The summed E-state index contributed by atoms with van der Waals surface area (Å²) < 4.78 is 4.93. The SMILES string of the molecule is COC(=O)C(CC(=O)N1C[C@H]2CCCC[C@H]2C1)Cc1ccccc1Cl. The van der Waals surface area contributed by atoms with Crippen LogP contribution in [0.15, 0.2) is 24.3 Å². The predicted molar refractivity (Wildman–Crippen MR) is 97.3 cm³/mol. The summed E-state index contributed by atoms with van der Waals surface area (Å²) in [5, 5.41) is 0.621. The Bertz CT molecular complexity index is 619. The van der Waals surface area contributed by atoms with Gasteiger partial charge in [0.05, 0.1) is 13.0 Å². The summed E-state index contributed by atoms with van der Waals surface area (Å²) in [6.07, 6.45) is 5.64. The number of carbonyl (C=O) groups is 2. The summed E-state index contributed by atoms with van der Waals surface area (Å²) in [6, 6.07) is 7.45. The standard InChI is InChI=1S/C20H26ClNO3/c1-25-20(24)17(10-14-6-4-5-9-18(14)21)11-19(23)22-12-15-7-2-3-8-16(15)13-22/h4-6,9,15-17H,2-3,7-8,10-13H2,1H3/t15-,16+,17?. The molecule has 25 heavy (non-hydrogen) atoms. The number of fused-ring (bicyclic) bond motifs is 1. The molecule has 3 atom stereocenters. The number of rotatable bonds is 5. The van der Waals surface area contributed by atoms with Crippen molar-refractivity contribution in [3.8, 4) is 0 Å². The van der Waals surface area contributed by atoms with E-state index in [2.05, 4.69) is 0 Å². The van der Waals surface area contributed by atoms with Gasteiger partial charge in [-0.15, -0.1) is 0 Å². The summed E-state index contributed by atoms with van der Waals surface area (Å²) >= 11 is 6.22. The summed E-state index contributed by atoms with van der Waals surface area (Å²) in [7, 11) is 1.37. The molecular formula is C20H26ClNO3. The van der Waals surface area contributed by atoms with Crippen LogP contribution in [0.2, 0.25) is 5.02 Å². The average molecular weight is 364 g/mol. The van der Waals surface area contributed by atoms with Crippen LogP contribution in [0.5, 0.6) is 0 Å². The molecular weight excluding hydrogens is 338 g/mol. The first-order valence-corrected chi connectivity index (χ1v) is 9.55. The van der Waals surface area contributed by atoms with E-state index in [1.54, 1.807) is 6.07 Å². The fourth-order valence-corrected chi connectivity index (χ4v) is 4.50. The minimum atomic E-state index is -0.486. The van der Waals surface area contributed by atoms with Crippen LogP contribution in [0.4, 0.5) is 0 Å². The molecule has 5 heteroatoms. The Balaban J connectivity index is 1.65. The number of hydrogen-bond donors (Lipinski definition) is 0. The highest BCUT2D eigenvalue weighted by Gasteiger charge is 2.37. The molecule has 3 rings (SSSR count). The van der Waals surface area contributed by atoms with E-state index in [1.165, 1.54) is 32.8 Å². The second-order valence-corrected chi connectivity index (χ2v) is 7.73. The van der Waals surface area contributed by atoms with Crippen molar-refractivity contribution in [1.29, 1.82) is 0 Å². The Morgan fingerprint density at radius 2 is 1.84 bits per heavy atom. The largest absolute Gasteiger partial charge is 0.469 e. The minimum absolute atomic E-state index is 0.0665. The van der Waals surface area contributed by atoms with Gasteiger partial charge in [-0.2, -0.15) is 0 Å². The lowest BCUT2D eigenvalue weighted by Crippen LogP contribution is -2.33. The molecule has 2 fully saturated rings. The molecule has 0 N–H and O–H groups in total. The van der Waals surface area contributed by atoms with Gasteiger partial charge < -0.3 is 9.64 Å². The van der Waals surface area contributed by atoms with E-state index in [0.29, 0.717) is 23.3 Å². The highest BCUT2D eigenvalue weighted by molar-refractivity contribution is 6.31. The molecule has 1 aliphatic heterocycles. The predicted octanol–water partition coefficient (Wildman–Crippen LogP) is 3.71. The smallest absolute Gasteiger partial charge is 0.309 e. The lowest BCUT2D eigenvalue weighted by atomic mass is 9.82. The molecule has 1 saturated carbocycles. The first-order valence-electron chi connectivity index (χ1n) is 9.17. The monoisotopic (exact) mass is 363 g/mol. The molecule has 0 radical (unpaired) electrons. The summed E-state index contributed by atoms with van der Waals surface area (Å²) in [5.41, 5.74) is 0.877. The van der Waals surface area contributed by atoms with Gasteiger partial charge >= 0.3 is 5.97 Å². The molecule has 1 aromatic rings. The second kappa shape index (κ2) is 8.22. The minimum Gasteiger partial charge on any atom is -0.469 e. The van der Waals surface area contributed by atoms with Crippen molar-refractivity contribution in [2.45, 2.75) is 38.5 Å². The lowest BCUT2D eigenvalue weighted by Gasteiger charge is -2.22. The Labute approximate surface area is 154 Å². The normalized spacial score (nSPS) is 23.8. The molecule has 1 aromatic carbocycles. The van der Waals surface area contributed by atoms with Gasteiger partial charge in [-0.05, 0) is 42.7 Å². The molecule has 4 nitrogen and oxygen atoms in total. The molecule has 136 valence electrons. The van der Waals surface area contributed by atoms with Gasteiger partial charge in [-0.25, -0.2) is 0 Å². The molecule has 1 heterocycles. The van der Waals surface area contributed by atoms with Crippen LogP contribution in [0.25, 0.3) is 0 Å². The third-order valence-electron chi connectivity index (χ3n) is 5.71. The highest BCUT2D eigenvalue weighted by atomic mass is 35.5. The van der Waals surface area contributed by atoms with Crippen molar-refractivity contribution in [3.05, 3.63) is 34.9 Å². The molecule has 1 saturated heterocycles. The number of ether oxygens (including phenoxy) is 1. The van der Waals surface area contributed by atoms with E-state index in [4.69, 9.17) is 16.3 Å².